The lowest BCUT2D eigenvalue weighted by molar-refractivity contribution is 0.147. The third-order valence-electron chi connectivity index (χ3n) is 1.97. The molecule has 0 saturated carbocycles. The van der Waals surface area contributed by atoms with Gasteiger partial charge in [0.1, 0.15) is 12.1 Å². The van der Waals surface area contributed by atoms with E-state index in [1.54, 1.807) is 0 Å². The van der Waals surface area contributed by atoms with Crippen molar-refractivity contribution in [3.05, 3.63) is 0 Å². The van der Waals surface area contributed by atoms with Crippen molar-refractivity contribution < 1.29 is 0 Å². The number of piperidine rings is 1. The average Bonchev–Trinajstić information content (AvgIpc) is 2.05. The minimum Gasteiger partial charge on any atom is -0.266 e. The van der Waals surface area contributed by atoms with Gasteiger partial charge in [-0.25, -0.2) is 5.01 Å². The van der Waals surface area contributed by atoms with Crippen LogP contribution in [0.5, 0.6) is 0 Å². The van der Waals surface area contributed by atoms with Crippen molar-refractivity contribution in [3.63, 3.8) is 0 Å². The first-order chi connectivity index (χ1) is 5.29. The van der Waals surface area contributed by atoms with Crippen LogP contribution in [0.2, 0.25) is 0 Å². The average molecular weight is 150 g/mol. The second-order valence-electron chi connectivity index (χ2n) is 2.67. The standard InChI is InChI=1S/C7H10N4/c8-4-6-2-1-3-7(5-9)11(6)10/h6-7H,1-3,10H2. The Balaban J connectivity index is 2.62. The van der Waals surface area contributed by atoms with Gasteiger partial charge < -0.3 is 0 Å². The van der Waals surface area contributed by atoms with Gasteiger partial charge in [-0.15, -0.1) is 0 Å². The Morgan fingerprint density at radius 3 is 2.00 bits per heavy atom. The first-order valence-corrected chi connectivity index (χ1v) is 3.62. The molecule has 2 unspecified atom stereocenters. The lowest BCUT2D eigenvalue weighted by Crippen LogP contribution is -2.49. The quantitative estimate of drug-likeness (QED) is 0.498. The SMILES string of the molecule is N#CC1CCCC(C#N)N1N. The maximum atomic E-state index is 8.59. The zero-order valence-corrected chi connectivity index (χ0v) is 6.20. The van der Waals surface area contributed by atoms with E-state index < -0.39 is 0 Å². The molecular formula is C7H10N4. The van der Waals surface area contributed by atoms with Crippen LogP contribution in [0.3, 0.4) is 0 Å². The Labute approximate surface area is 65.8 Å². The van der Waals surface area contributed by atoms with E-state index in [1.807, 2.05) is 0 Å². The highest BCUT2D eigenvalue weighted by molar-refractivity contribution is 5.02. The summed E-state index contributed by atoms with van der Waals surface area (Å²) in [4.78, 5) is 0. The smallest absolute Gasteiger partial charge is 0.112 e. The summed E-state index contributed by atoms with van der Waals surface area (Å²) in [6, 6.07) is 3.60. The molecule has 0 radical (unpaired) electrons. The molecule has 0 aliphatic carbocycles. The molecule has 1 aliphatic rings. The summed E-state index contributed by atoms with van der Waals surface area (Å²) in [5.74, 6) is 5.53. The van der Waals surface area contributed by atoms with Gasteiger partial charge in [-0.2, -0.15) is 10.5 Å². The highest BCUT2D eigenvalue weighted by atomic mass is 15.4. The lowest BCUT2D eigenvalue weighted by atomic mass is 9.99. The Hall–Kier alpha value is -1.10. The van der Waals surface area contributed by atoms with Gasteiger partial charge in [0.25, 0.3) is 0 Å². The molecule has 0 amide bonds. The molecule has 0 aromatic heterocycles. The number of nitrogens with zero attached hydrogens (tertiary/aromatic N) is 3. The van der Waals surface area contributed by atoms with Gasteiger partial charge in [0, 0.05) is 0 Å². The highest BCUT2D eigenvalue weighted by Gasteiger charge is 2.27. The van der Waals surface area contributed by atoms with Crippen LogP contribution in [0.1, 0.15) is 19.3 Å². The van der Waals surface area contributed by atoms with E-state index in [9.17, 15) is 0 Å². The summed E-state index contributed by atoms with van der Waals surface area (Å²) in [6.07, 6.45) is 2.49. The molecule has 0 spiro atoms. The maximum Gasteiger partial charge on any atom is 0.112 e. The summed E-state index contributed by atoms with van der Waals surface area (Å²) in [7, 11) is 0. The Kier molecular flexibility index (Phi) is 2.43. The number of hydrazine groups is 1. The van der Waals surface area contributed by atoms with E-state index in [0.717, 1.165) is 19.3 Å². The number of hydrogen-bond acceptors (Lipinski definition) is 4. The summed E-state index contributed by atoms with van der Waals surface area (Å²) in [5, 5.41) is 18.6. The van der Waals surface area contributed by atoms with E-state index in [4.69, 9.17) is 16.4 Å². The second-order valence-corrected chi connectivity index (χ2v) is 2.67. The highest BCUT2D eigenvalue weighted by Crippen LogP contribution is 2.18. The van der Waals surface area contributed by atoms with Gasteiger partial charge in [0.15, 0.2) is 0 Å². The van der Waals surface area contributed by atoms with E-state index in [-0.39, 0.29) is 12.1 Å². The molecule has 0 aromatic carbocycles. The van der Waals surface area contributed by atoms with Crippen molar-refractivity contribution in [2.75, 3.05) is 0 Å². The van der Waals surface area contributed by atoms with Crippen LogP contribution in [0.25, 0.3) is 0 Å². The van der Waals surface area contributed by atoms with Gasteiger partial charge >= 0.3 is 0 Å². The third kappa shape index (κ3) is 1.48. The van der Waals surface area contributed by atoms with Crippen molar-refractivity contribution in [1.29, 1.82) is 10.5 Å². The molecule has 58 valence electrons. The topological polar surface area (TPSA) is 76.8 Å². The molecule has 1 aliphatic heterocycles. The molecule has 4 heteroatoms. The maximum absolute atomic E-state index is 8.59. The fourth-order valence-electron chi connectivity index (χ4n) is 1.28. The molecule has 2 N–H and O–H groups in total. The molecule has 0 aromatic rings. The zero-order chi connectivity index (χ0) is 8.27. The number of nitriles is 2. The molecule has 11 heavy (non-hydrogen) atoms. The fourth-order valence-corrected chi connectivity index (χ4v) is 1.28. The van der Waals surface area contributed by atoms with E-state index in [0.29, 0.717) is 0 Å². The summed E-state index contributed by atoms with van der Waals surface area (Å²) in [5.41, 5.74) is 0. The lowest BCUT2D eigenvalue weighted by Gasteiger charge is -2.30. The molecule has 1 heterocycles. The van der Waals surface area contributed by atoms with Crippen LogP contribution in [0.15, 0.2) is 0 Å². The minimum atomic E-state index is -0.270. The third-order valence-corrected chi connectivity index (χ3v) is 1.97. The zero-order valence-electron chi connectivity index (χ0n) is 6.20. The molecule has 1 fully saturated rings. The van der Waals surface area contributed by atoms with Crippen LogP contribution < -0.4 is 5.84 Å². The van der Waals surface area contributed by atoms with Crippen LogP contribution in [0, 0.1) is 22.7 Å². The van der Waals surface area contributed by atoms with Crippen molar-refractivity contribution in [2.45, 2.75) is 31.3 Å². The first-order valence-electron chi connectivity index (χ1n) is 3.62. The van der Waals surface area contributed by atoms with Gasteiger partial charge in [0.05, 0.1) is 12.1 Å². The normalized spacial score (nSPS) is 32.3. The number of rotatable bonds is 0. The number of hydrogen-bond donors (Lipinski definition) is 1. The Bertz CT molecular complexity index is 189. The van der Waals surface area contributed by atoms with Gasteiger partial charge in [-0.05, 0) is 19.3 Å². The molecule has 1 rings (SSSR count). The van der Waals surface area contributed by atoms with Crippen LogP contribution in [-0.2, 0) is 0 Å². The van der Waals surface area contributed by atoms with Crippen molar-refractivity contribution in [3.8, 4) is 12.1 Å². The minimum absolute atomic E-state index is 0.270. The van der Waals surface area contributed by atoms with E-state index in [2.05, 4.69) is 12.1 Å². The van der Waals surface area contributed by atoms with Gasteiger partial charge in [-0.1, -0.05) is 0 Å². The van der Waals surface area contributed by atoms with Crippen LogP contribution in [0.4, 0.5) is 0 Å². The largest absolute Gasteiger partial charge is 0.266 e. The molecular weight excluding hydrogens is 140 g/mol. The van der Waals surface area contributed by atoms with Crippen LogP contribution in [-0.4, -0.2) is 17.1 Å². The van der Waals surface area contributed by atoms with Crippen LogP contribution >= 0.6 is 0 Å². The monoisotopic (exact) mass is 150 g/mol. The van der Waals surface area contributed by atoms with E-state index in [1.165, 1.54) is 5.01 Å². The van der Waals surface area contributed by atoms with Crippen molar-refractivity contribution >= 4 is 0 Å². The first kappa shape index (κ1) is 8.00. The predicted molar refractivity (Wildman–Crippen MR) is 38.7 cm³/mol. The Morgan fingerprint density at radius 2 is 1.64 bits per heavy atom. The Morgan fingerprint density at radius 1 is 1.18 bits per heavy atom. The summed E-state index contributed by atoms with van der Waals surface area (Å²) in [6.45, 7) is 0. The predicted octanol–water partition coefficient (Wildman–Crippen LogP) is 0.130. The second kappa shape index (κ2) is 3.34. The van der Waals surface area contributed by atoms with Crippen molar-refractivity contribution in [2.24, 2.45) is 5.84 Å². The fraction of sp³-hybridized carbons (Fsp3) is 0.714. The van der Waals surface area contributed by atoms with Crippen molar-refractivity contribution in [1.82, 2.24) is 5.01 Å². The molecule has 4 nitrogen and oxygen atoms in total. The van der Waals surface area contributed by atoms with Gasteiger partial charge in [0.2, 0.25) is 0 Å². The van der Waals surface area contributed by atoms with E-state index >= 15 is 0 Å². The summed E-state index contributed by atoms with van der Waals surface area (Å²) >= 11 is 0. The molecule has 0 bridgehead atoms. The number of nitrogens with two attached hydrogens (primary N) is 1. The van der Waals surface area contributed by atoms with Gasteiger partial charge in [-0.3, -0.25) is 5.84 Å². The molecule has 2 atom stereocenters. The summed E-state index contributed by atoms with van der Waals surface area (Å²) < 4.78 is 0. The molecule has 1 saturated heterocycles.